The molecule has 1 aromatic heterocycles. The molecule has 0 saturated carbocycles. The smallest absolute Gasteiger partial charge is 0.315 e. The Morgan fingerprint density at radius 3 is 2.48 bits per heavy atom. The molecule has 0 unspecified atom stereocenters. The van der Waals surface area contributed by atoms with Crippen molar-refractivity contribution in [1.29, 1.82) is 0 Å². The molecule has 7 nitrogen and oxygen atoms in total. The number of hydrogen-bond donors (Lipinski definition) is 1. The molecule has 0 radical (unpaired) electrons. The highest BCUT2D eigenvalue weighted by Gasteiger charge is 2.19. The van der Waals surface area contributed by atoms with Crippen LogP contribution in [0.1, 0.15) is 28.5 Å². The van der Waals surface area contributed by atoms with E-state index in [-0.39, 0.29) is 28.8 Å². The molecule has 0 atom stereocenters. The van der Waals surface area contributed by atoms with E-state index in [2.05, 4.69) is 15.5 Å². The minimum Gasteiger partial charge on any atom is -0.348 e. The Morgan fingerprint density at radius 1 is 1.03 bits per heavy atom. The zero-order valence-electron chi connectivity index (χ0n) is 15.5. The first-order valence-corrected chi connectivity index (χ1v) is 11.1. The van der Waals surface area contributed by atoms with Crippen molar-refractivity contribution in [1.82, 2.24) is 15.5 Å². The number of nitrogens with one attached hydrogen (secondary N) is 1. The number of aryl methyl sites for hydroxylation is 2. The van der Waals surface area contributed by atoms with Crippen LogP contribution in [-0.4, -0.2) is 36.8 Å². The van der Waals surface area contributed by atoms with Gasteiger partial charge in [0.05, 0.1) is 10.6 Å². The maximum atomic E-state index is 12.3. The van der Waals surface area contributed by atoms with Crippen LogP contribution in [0.25, 0.3) is 0 Å². The average molecular weight is 434 g/mol. The molecule has 1 N–H and O–H groups in total. The van der Waals surface area contributed by atoms with Crippen molar-refractivity contribution in [2.75, 3.05) is 12.3 Å². The summed E-state index contributed by atoms with van der Waals surface area (Å²) in [5.41, 5.74) is 1.20. The van der Waals surface area contributed by atoms with Crippen molar-refractivity contribution < 1.29 is 17.7 Å². The summed E-state index contributed by atoms with van der Waals surface area (Å²) in [6, 6.07) is 15.9. The molecule has 1 amide bonds. The zero-order chi connectivity index (χ0) is 20.7. The summed E-state index contributed by atoms with van der Waals surface area (Å²) >= 11 is 5.78. The van der Waals surface area contributed by atoms with Gasteiger partial charge in [-0.15, -0.1) is 0 Å². The molecule has 0 saturated heterocycles. The molecule has 0 bridgehead atoms. The first-order chi connectivity index (χ1) is 13.9. The van der Waals surface area contributed by atoms with E-state index in [9.17, 15) is 13.2 Å². The summed E-state index contributed by atoms with van der Waals surface area (Å²) in [6.45, 7) is 0.469. The molecule has 3 rings (SSSR count). The van der Waals surface area contributed by atoms with E-state index in [1.807, 2.05) is 30.3 Å². The van der Waals surface area contributed by atoms with Crippen LogP contribution in [0.4, 0.5) is 0 Å². The molecule has 2 aromatic carbocycles. The number of hydrogen-bond acceptors (Lipinski definition) is 6. The Balaban J connectivity index is 1.47. The second kappa shape index (κ2) is 9.67. The number of sulfone groups is 1. The van der Waals surface area contributed by atoms with Gasteiger partial charge in [-0.1, -0.05) is 47.1 Å². The van der Waals surface area contributed by atoms with Crippen molar-refractivity contribution >= 4 is 27.3 Å². The van der Waals surface area contributed by atoms with Crippen molar-refractivity contribution in [2.45, 2.75) is 24.2 Å². The quantitative estimate of drug-likeness (QED) is 0.520. The van der Waals surface area contributed by atoms with Gasteiger partial charge in [-0.3, -0.25) is 4.79 Å². The third-order valence-corrected chi connectivity index (χ3v) is 6.18. The predicted octanol–water partition coefficient (Wildman–Crippen LogP) is 3.10. The standard InChI is InChI=1S/C20H20ClN3O4S/c21-16-8-10-17(11-9-16)29(26,27)14-12-18-23-20(28-24-18)19(25)22-13-4-7-15-5-2-1-3-6-15/h1-3,5-6,8-11H,4,7,12-14H2,(H,22,25). The lowest BCUT2D eigenvalue weighted by atomic mass is 10.1. The Bertz CT molecular complexity index is 1050. The van der Waals surface area contributed by atoms with E-state index in [0.29, 0.717) is 11.6 Å². The number of amides is 1. The minimum atomic E-state index is -3.51. The molecule has 0 aliphatic heterocycles. The van der Waals surface area contributed by atoms with Gasteiger partial charge < -0.3 is 9.84 Å². The van der Waals surface area contributed by atoms with Crippen molar-refractivity contribution in [3.63, 3.8) is 0 Å². The summed E-state index contributed by atoms with van der Waals surface area (Å²) in [6.07, 6.45) is 1.66. The SMILES string of the molecule is O=C(NCCCc1ccccc1)c1nc(CCS(=O)(=O)c2ccc(Cl)cc2)no1. The van der Waals surface area contributed by atoms with Gasteiger partial charge in [-0.2, -0.15) is 4.98 Å². The van der Waals surface area contributed by atoms with Crippen LogP contribution in [0.2, 0.25) is 5.02 Å². The van der Waals surface area contributed by atoms with Gasteiger partial charge >= 0.3 is 11.8 Å². The van der Waals surface area contributed by atoms with E-state index in [1.165, 1.54) is 29.8 Å². The van der Waals surface area contributed by atoms with Crippen LogP contribution in [-0.2, 0) is 22.7 Å². The van der Waals surface area contributed by atoms with Crippen molar-refractivity contribution in [3.8, 4) is 0 Å². The number of halogens is 1. The topological polar surface area (TPSA) is 102 Å². The average Bonchev–Trinajstić information content (AvgIpc) is 3.20. The van der Waals surface area contributed by atoms with Gasteiger partial charge in [-0.25, -0.2) is 8.42 Å². The molecular weight excluding hydrogens is 414 g/mol. The second-order valence-electron chi connectivity index (χ2n) is 6.38. The molecule has 0 aliphatic carbocycles. The van der Waals surface area contributed by atoms with Crippen LogP contribution in [0, 0.1) is 0 Å². The predicted molar refractivity (Wildman–Crippen MR) is 109 cm³/mol. The monoisotopic (exact) mass is 433 g/mol. The van der Waals surface area contributed by atoms with Crippen LogP contribution in [0.3, 0.4) is 0 Å². The molecule has 152 valence electrons. The highest BCUT2D eigenvalue weighted by molar-refractivity contribution is 7.91. The summed E-state index contributed by atoms with van der Waals surface area (Å²) in [7, 11) is -3.51. The van der Waals surface area contributed by atoms with E-state index < -0.39 is 15.7 Å². The van der Waals surface area contributed by atoms with Crippen molar-refractivity contribution in [3.05, 3.63) is 76.9 Å². The second-order valence-corrected chi connectivity index (χ2v) is 8.93. The van der Waals surface area contributed by atoms with Crippen LogP contribution >= 0.6 is 11.6 Å². The highest BCUT2D eigenvalue weighted by atomic mass is 35.5. The number of carbonyl (C=O) groups is 1. The summed E-state index contributed by atoms with van der Waals surface area (Å²) in [5, 5.41) is 6.87. The Hall–Kier alpha value is -2.71. The van der Waals surface area contributed by atoms with Crippen molar-refractivity contribution in [2.24, 2.45) is 0 Å². The molecule has 9 heteroatoms. The summed E-state index contributed by atoms with van der Waals surface area (Å²) in [4.78, 5) is 16.2. The number of aromatic nitrogens is 2. The molecule has 0 aliphatic rings. The lowest BCUT2D eigenvalue weighted by Crippen LogP contribution is -2.25. The van der Waals surface area contributed by atoms with Gasteiger partial charge in [-0.05, 0) is 42.7 Å². The normalized spacial score (nSPS) is 11.3. The summed E-state index contributed by atoms with van der Waals surface area (Å²) < 4.78 is 29.6. The Morgan fingerprint density at radius 2 is 1.76 bits per heavy atom. The van der Waals surface area contributed by atoms with E-state index in [1.54, 1.807) is 0 Å². The van der Waals surface area contributed by atoms with Gasteiger partial charge in [0.2, 0.25) is 0 Å². The Labute approximate surface area is 174 Å². The highest BCUT2D eigenvalue weighted by Crippen LogP contribution is 2.16. The number of benzene rings is 2. The van der Waals surface area contributed by atoms with Crippen LogP contribution in [0.5, 0.6) is 0 Å². The van der Waals surface area contributed by atoms with E-state index in [0.717, 1.165) is 12.8 Å². The first kappa shape index (κ1) is 21.0. The fourth-order valence-corrected chi connectivity index (χ4v) is 4.01. The minimum absolute atomic E-state index is 0.0374. The van der Waals surface area contributed by atoms with E-state index in [4.69, 9.17) is 16.1 Å². The fraction of sp³-hybridized carbons (Fsp3) is 0.250. The molecule has 0 fully saturated rings. The maximum Gasteiger partial charge on any atom is 0.315 e. The fourth-order valence-electron chi connectivity index (χ4n) is 2.65. The number of carbonyl (C=O) groups excluding carboxylic acids is 1. The largest absolute Gasteiger partial charge is 0.348 e. The molecule has 0 spiro atoms. The molecular formula is C20H20ClN3O4S. The third kappa shape index (κ3) is 6.13. The number of rotatable bonds is 9. The van der Waals surface area contributed by atoms with E-state index >= 15 is 0 Å². The lowest BCUT2D eigenvalue weighted by molar-refractivity contribution is 0.0909. The third-order valence-electron chi connectivity index (χ3n) is 4.20. The summed E-state index contributed by atoms with van der Waals surface area (Å²) in [5.74, 6) is -0.690. The van der Waals surface area contributed by atoms with Gasteiger partial charge in [0.1, 0.15) is 0 Å². The number of nitrogens with zero attached hydrogens (tertiary/aromatic N) is 2. The molecule has 1 heterocycles. The zero-order valence-corrected chi connectivity index (χ0v) is 17.1. The maximum absolute atomic E-state index is 12.3. The van der Waals surface area contributed by atoms with Crippen LogP contribution < -0.4 is 5.32 Å². The molecule has 29 heavy (non-hydrogen) atoms. The van der Waals surface area contributed by atoms with Gasteiger partial charge in [0, 0.05) is 18.0 Å². The Kier molecular flexibility index (Phi) is 7.00. The lowest BCUT2D eigenvalue weighted by Gasteiger charge is -2.03. The van der Waals surface area contributed by atoms with Crippen LogP contribution in [0.15, 0.2) is 64.0 Å². The van der Waals surface area contributed by atoms with Gasteiger partial charge in [0.25, 0.3) is 0 Å². The first-order valence-electron chi connectivity index (χ1n) is 9.07. The van der Waals surface area contributed by atoms with Gasteiger partial charge in [0.15, 0.2) is 15.7 Å². The molecule has 3 aromatic rings.